The SMILES string of the molecule is CC/C(C)=C\CC/C(C)=C/COS(C)(=O)=O. The maximum atomic E-state index is 10.7. The standard InChI is InChI=1S/C12H22O3S/c1-5-11(2)7-6-8-12(3)9-10-15-16(4,13)14/h7,9H,5-6,8,10H2,1-4H3/b11-7-,12-9+. The topological polar surface area (TPSA) is 43.4 Å². The van der Waals surface area contributed by atoms with Crippen LogP contribution >= 0.6 is 0 Å². The monoisotopic (exact) mass is 246 g/mol. The smallest absolute Gasteiger partial charge is 0.264 e. The molecule has 0 amide bonds. The van der Waals surface area contributed by atoms with E-state index < -0.39 is 10.1 Å². The lowest BCUT2D eigenvalue weighted by atomic mass is 10.1. The summed E-state index contributed by atoms with van der Waals surface area (Å²) in [5.41, 5.74) is 2.55. The van der Waals surface area contributed by atoms with Crippen LogP contribution in [0, 0.1) is 0 Å². The minimum Gasteiger partial charge on any atom is -0.266 e. The molecular weight excluding hydrogens is 224 g/mol. The first-order valence-corrected chi connectivity index (χ1v) is 7.32. The molecule has 94 valence electrons. The second kappa shape index (κ2) is 7.63. The molecule has 0 rings (SSSR count). The van der Waals surface area contributed by atoms with Crippen LogP contribution < -0.4 is 0 Å². The van der Waals surface area contributed by atoms with E-state index in [2.05, 4.69) is 24.1 Å². The quantitative estimate of drug-likeness (QED) is 0.512. The van der Waals surface area contributed by atoms with Crippen LogP contribution in [0.1, 0.15) is 40.0 Å². The lowest BCUT2D eigenvalue weighted by Gasteiger charge is -2.00. The van der Waals surface area contributed by atoms with Gasteiger partial charge in [0.15, 0.2) is 0 Å². The van der Waals surface area contributed by atoms with E-state index in [1.54, 1.807) is 0 Å². The van der Waals surface area contributed by atoms with Gasteiger partial charge in [-0.15, -0.1) is 0 Å². The number of hydrogen-bond acceptors (Lipinski definition) is 3. The summed E-state index contributed by atoms with van der Waals surface area (Å²) in [7, 11) is -3.31. The van der Waals surface area contributed by atoms with Gasteiger partial charge in [0.1, 0.15) is 0 Å². The van der Waals surface area contributed by atoms with Crippen molar-refractivity contribution in [2.24, 2.45) is 0 Å². The fraction of sp³-hybridized carbons (Fsp3) is 0.667. The first-order chi connectivity index (χ1) is 7.35. The van der Waals surface area contributed by atoms with Crippen molar-refractivity contribution in [3.05, 3.63) is 23.3 Å². The van der Waals surface area contributed by atoms with Crippen molar-refractivity contribution in [3.8, 4) is 0 Å². The summed E-state index contributed by atoms with van der Waals surface area (Å²) >= 11 is 0. The molecule has 0 aliphatic heterocycles. The number of allylic oxidation sites excluding steroid dienone is 3. The van der Waals surface area contributed by atoms with Gasteiger partial charge in [-0.05, 0) is 33.1 Å². The summed E-state index contributed by atoms with van der Waals surface area (Å²) in [6, 6.07) is 0. The van der Waals surface area contributed by atoms with Gasteiger partial charge >= 0.3 is 0 Å². The van der Waals surface area contributed by atoms with Crippen molar-refractivity contribution in [2.75, 3.05) is 12.9 Å². The Balaban J connectivity index is 3.89. The molecule has 0 unspecified atom stereocenters. The molecule has 0 aromatic heterocycles. The minimum atomic E-state index is -3.31. The van der Waals surface area contributed by atoms with E-state index in [9.17, 15) is 8.42 Å². The van der Waals surface area contributed by atoms with Gasteiger partial charge in [-0.1, -0.05) is 30.2 Å². The highest BCUT2D eigenvalue weighted by atomic mass is 32.2. The Morgan fingerprint density at radius 3 is 2.31 bits per heavy atom. The van der Waals surface area contributed by atoms with E-state index in [1.807, 2.05) is 13.0 Å². The molecular formula is C12H22O3S. The molecule has 0 atom stereocenters. The molecule has 0 radical (unpaired) electrons. The van der Waals surface area contributed by atoms with Crippen molar-refractivity contribution >= 4 is 10.1 Å². The first kappa shape index (κ1) is 15.4. The highest BCUT2D eigenvalue weighted by Crippen LogP contribution is 2.08. The van der Waals surface area contributed by atoms with Gasteiger partial charge in [0.05, 0.1) is 12.9 Å². The number of rotatable bonds is 7. The van der Waals surface area contributed by atoms with Gasteiger partial charge < -0.3 is 0 Å². The van der Waals surface area contributed by atoms with Crippen LogP contribution in [-0.2, 0) is 14.3 Å². The molecule has 0 aliphatic carbocycles. The molecule has 0 saturated carbocycles. The lowest BCUT2D eigenvalue weighted by molar-refractivity contribution is 0.360. The van der Waals surface area contributed by atoms with E-state index in [0.29, 0.717) is 0 Å². The van der Waals surface area contributed by atoms with Crippen molar-refractivity contribution in [2.45, 2.75) is 40.0 Å². The normalized spacial score (nSPS) is 14.2. The summed E-state index contributed by atoms with van der Waals surface area (Å²) in [5.74, 6) is 0. The second-order valence-corrected chi connectivity index (χ2v) is 5.63. The zero-order chi connectivity index (χ0) is 12.6. The highest BCUT2D eigenvalue weighted by molar-refractivity contribution is 7.85. The summed E-state index contributed by atoms with van der Waals surface area (Å²) in [6.45, 7) is 6.38. The van der Waals surface area contributed by atoms with E-state index in [-0.39, 0.29) is 6.61 Å². The molecule has 3 nitrogen and oxygen atoms in total. The molecule has 0 N–H and O–H groups in total. The maximum Gasteiger partial charge on any atom is 0.264 e. The van der Waals surface area contributed by atoms with Crippen LogP contribution in [0.15, 0.2) is 23.3 Å². The van der Waals surface area contributed by atoms with Crippen molar-refractivity contribution < 1.29 is 12.6 Å². The van der Waals surface area contributed by atoms with Gasteiger partial charge in [-0.2, -0.15) is 8.42 Å². The van der Waals surface area contributed by atoms with Crippen molar-refractivity contribution in [1.82, 2.24) is 0 Å². The van der Waals surface area contributed by atoms with Gasteiger partial charge in [0, 0.05) is 0 Å². The average Bonchev–Trinajstić information content (AvgIpc) is 2.15. The molecule has 0 spiro atoms. The summed E-state index contributed by atoms with van der Waals surface area (Å²) in [5, 5.41) is 0. The minimum absolute atomic E-state index is 0.140. The molecule has 0 aliphatic rings. The maximum absolute atomic E-state index is 10.7. The van der Waals surface area contributed by atoms with Gasteiger partial charge in [-0.3, -0.25) is 4.18 Å². The van der Waals surface area contributed by atoms with Crippen molar-refractivity contribution in [3.63, 3.8) is 0 Å². The molecule has 0 bridgehead atoms. The molecule has 4 heteroatoms. The van der Waals surface area contributed by atoms with Crippen LogP contribution in [0.4, 0.5) is 0 Å². The van der Waals surface area contributed by atoms with Crippen LogP contribution in [-0.4, -0.2) is 21.3 Å². The van der Waals surface area contributed by atoms with Crippen molar-refractivity contribution in [1.29, 1.82) is 0 Å². The Hall–Kier alpha value is -0.610. The lowest BCUT2D eigenvalue weighted by Crippen LogP contribution is -2.02. The van der Waals surface area contributed by atoms with Gasteiger partial charge in [0.25, 0.3) is 10.1 Å². The third-order valence-electron chi connectivity index (χ3n) is 2.30. The molecule has 0 saturated heterocycles. The predicted molar refractivity (Wildman–Crippen MR) is 67.8 cm³/mol. The highest BCUT2D eigenvalue weighted by Gasteiger charge is 1.98. The zero-order valence-corrected chi connectivity index (χ0v) is 11.4. The first-order valence-electron chi connectivity index (χ1n) is 5.50. The molecule has 16 heavy (non-hydrogen) atoms. The van der Waals surface area contributed by atoms with Crippen LogP contribution in [0.25, 0.3) is 0 Å². The second-order valence-electron chi connectivity index (χ2n) is 3.98. The molecule has 0 heterocycles. The Bertz CT molecular complexity index is 350. The molecule has 0 aromatic carbocycles. The Labute approximate surface area is 99.3 Å². The third kappa shape index (κ3) is 9.93. The van der Waals surface area contributed by atoms with E-state index in [4.69, 9.17) is 0 Å². The van der Waals surface area contributed by atoms with Crippen LogP contribution in [0.5, 0.6) is 0 Å². The van der Waals surface area contributed by atoms with Crippen LogP contribution in [0.3, 0.4) is 0 Å². The third-order valence-corrected chi connectivity index (χ3v) is 2.87. The zero-order valence-electron chi connectivity index (χ0n) is 10.6. The Morgan fingerprint density at radius 1 is 1.19 bits per heavy atom. The summed E-state index contributed by atoms with van der Waals surface area (Å²) in [4.78, 5) is 0. The molecule has 0 fully saturated rings. The van der Waals surface area contributed by atoms with E-state index in [1.165, 1.54) is 5.57 Å². The summed E-state index contributed by atoms with van der Waals surface area (Å²) in [6.07, 6.45) is 8.12. The fourth-order valence-corrected chi connectivity index (χ4v) is 1.41. The Kier molecular flexibility index (Phi) is 7.34. The fourth-order valence-electron chi connectivity index (χ4n) is 1.09. The summed E-state index contributed by atoms with van der Waals surface area (Å²) < 4.78 is 26.0. The Morgan fingerprint density at radius 2 is 1.81 bits per heavy atom. The van der Waals surface area contributed by atoms with E-state index in [0.717, 1.165) is 31.1 Å². The van der Waals surface area contributed by atoms with E-state index >= 15 is 0 Å². The van der Waals surface area contributed by atoms with Crippen LogP contribution in [0.2, 0.25) is 0 Å². The van der Waals surface area contributed by atoms with Gasteiger partial charge in [0.2, 0.25) is 0 Å². The predicted octanol–water partition coefficient (Wildman–Crippen LogP) is 3.05. The molecule has 0 aromatic rings. The average molecular weight is 246 g/mol. The largest absolute Gasteiger partial charge is 0.266 e. The number of hydrogen-bond donors (Lipinski definition) is 0. The van der Waals surface area contributed by atoms with Gasteiger partial charge in [-0.25, -0.2) is 0 Å².